The molecule has 2 fully saturated rings. The van der Waals surface area contributed by atoms with Gasteiger partial charge in [0.1, 0.15) is 0 Å². The molecule has 0 N–H and O–H groups in total. The molecule has 0 amide bonds. The van der Waals surface area contributed by atoms with Crippen LogP contribution in [0.25, 0.3) is 0 Å². The molecule has 2 heterocycles. The highest BCUT2D eigenvalue weighted by Gasteiger charge is 2.26. The maximum atomic E-state index is 5.69. The highest BCUT2D eigenvalue weighted by atomic mass is 16.5. The molecule has 3 nitrogen and oxygen atoms in total. The van der Waals surface area contributed by atoms with Crippen molar-refractivity contribution in [3.63, 3.8) is 0 Å². The summed E-state index contributed by atoms with van der Waals surface area (Å²) in [6.45, 7) is 12.8. The fraction of sp³-hybridized carbons (Fsp3) is 1.00. The second-order valence-electron chi connectivity index (χ2n) is 6.66. The van der Waals surface area contributed by atoms with Crippen LogP contribution in [0.1, 0.15) is 46.0 Å². The minimum absolute atomic E-state index is 0.661. The summed E-state index contributed by atoms with van der Waals surface area (Å²) in [6.07, 6.45) is 6.81. The van der Waals surface area contributed by atoms with Gasteiger partial charge in [0.2, 0.25) is 0 Å². The Bertz CT molecular complexity index is 245. The van der Waals surface area contributed by atoms with Crippen LogP contribution in [0.3, 0.4) is 0 Å². The van der Waals surface area contributed by atoms with E-state index in [9.17, 15) is 0 Å². The minimum atomic E-state index is 0.661. The zero-order valence-electron chi connectivity index (χ0n) is 12.9. The van der Waals surface area contributed by atoms with E-state index >= 15 is 0 Å². The molecule has 1 atom stereocenters. The smallest absolute Gasteiger partial charge is 0.0489 e. The molecular weight excluding hydrogens is 236 g/mol. The van der Waals surface area contributed by atoms with E-state index in [1.54, 1.807) is 0 Å². The van der Waals surface area contributed by atoms with Crippen LogP contribution in [-0.4, -0.2) is 61.8 Å². The molecule has 1 unspecified atom stereocenters. The van der Waals surface area contributed by atoms with Crippen molar-refractivity contribution in [1.29, 1.82) is 0 Å². The highest BCUT2D eigenvalue weighted by Crippen LogP contribution is 2.20. The van der Waals surface area contributed by atoms with E-state index in [0.717, 1.165) is 19.3 Å². The summed E-state index contributed by atoms with van der Waals surface area (Å²) in [6, 6.07) is 0.841. The van der Waals surface area contributed by atoms with Crippen molar-refractivity contribution >= 4 is 0 Å². The molecule has 0 aromatic rings. The molecule has 2 aliphatic rings. The fourth-order valence-electron chi connectivity index (χ4n) is 3.36. The lowest BCUT2D eigenvalue weighted by Crippen LogP contribution is -2.44. The van der Waals surface area contributed by atoms with Crippen molar-refractivity contribution in [3.05, 3.63) is 0 Å². The molecule has 0 saturated carbocycles. The number of ether oxygens (including phenoxy) is 1. The molecule has 112 valence electrons. The van der Waals surface area contributed by atoms with Crippen LogP contribution in [0, 0.1) is 5.92 Å². The van der Waals surface area contributed by atoms with Gasteiger partial charge in [0.05, 0.1) is 0 Å². The second-order valence-corrected chi connectivity index (χ2v) is 6.66. The maximum Gasteiger partial charge on any atom is 0.0489 e. The van der Waals surface area contributed by atoms with Crippen LogP contribution in [0.5, 0.6) is 0 Å². The maximum absolute atomic E-state index is 5.69. The average Bonchev–Trinajstić information content (AvgIpc) is 2.59. The molecule has 0 bridgehead atoms. The van der Waals surface area contributed by atoms with E-state index in [1.165, 1.54) is 64.8 Å². The van der Waals surface area contributed by atoms with Crippen molar-refractivity contribution in [2.75, 3.05) is 45.9 Å². The van der Waals surface area contributed by atoms with Gasteiger partial charge in [-0.05, 0) is 51.2 Å². The zero-order chi connectivity index (χ0) is 13.5. The molecular formula is C16H32N2O. The molecule has 0 aliphatic carbocycles. The number of nitrogens with zero attached hydrogens (tertiary/aromatic N) is 2. The van der Waals surface area contributed by atoms with Gasteiger partial charge in [0.15, 0.2) is 0 Å². The van der Waals surface area contributed by atoms with Crippen LogP contribution in [0.15, 0.2) is 0 Å². The van der Waals surface area contributed by atoms with E-state index in [-0.39, 0.29) is 0 Å². The Morgan fingerprint density at radius 1 is 1.11 bits per heavy atom. The van der Waals surface area contributed by atoms with E-state index in [2.05, 4.69) is 23.6 Å². The number of hydrogen-bond acceptors (Lipinski definition) is 3. The van der Waals surface area contributed by atoms with E-state index < -0.39 is 0 Å². The molecule has 0 radical (unpaired) electrons. The van der Waals surface area contributed by atoms with E-state index in [0.29, 0.717) is 5.92 Å². The minimum Gasteiger partial charge on any atom is -0.381 e. The Kier molecular flexibility index (Phi) is 6.62. The first-order chi connectivity index (χ1) is 9.25. The summed E-state index contributed by atoms with van der Waals surface area (Å²) in [7, 11) is 0. The molecule has 2 aliphatic heterocycles. The van der Waals surface area contributed by atoms with Gasteiger partial charge in [-0.15, -0.1) is 0 Å². The van der Waals surface area contributed by atoms with Gasteiger partial charge < -0.3 is 9.64 Å². The second kappa shape index (κ2) is 8.23. The highest BCUT2D eigenvalue weighted by molar-refractivity contribution is 4.83. The lowest BCUT2D eigenvalue weighted by atomic mass is 10.0. The summed E-state index contributed by atoms with van der Waals surface area (Å²) in [5, 5.41) is 0. The van der Waals surface area contributed by atoms with E-state index in [4.69, 9.17) is 4.74 Å². The Hall–Kier alpha value is -0.120. The molecule has 2 rings (SSSR count). The third-order valence-electron chi connectivity index (χ3n) is 4.35. The van der Waals surface area contributed by atoms with Crippen LogP contribution in [0.2, 0.25) is 0 Å². The number of hydrogen-bond donors (Lipinski definition) is 0. The molecule has 0 aromatic heterocycles. The average molecular weight is 268 g/mol. The summed E-state index contributed by atoms with van der Waals surface area (Å²) >= 11 is 0. The van der Waals surface area contributed by atoms with Gasteiger partial charge in [-0.3, -0.25) is 4.90 Å². The van der Waals surface area contributed by atoms with Gasteiger partial charge in [0, 0.05) is 32.3 Å². The van der Waals surface area contributed by atoms with Crippen molar-refractivity contribution in [2.45, 2.75) is 52.0 Å². The largest absolute Gasteiger partial charge is 0.381 e. The normalized spacial score (nSPS) is 26.4. The van der Waals surface area contributed by atoms with Gasteiger partial charge >= 0.3 is 0 Å². The van der Waals surface area contributed by atoms with Gasteiger partial charge in [-0.2, -0.15) is 0 Å². The topological polar surface area (TPSA) is 15.7 Å². The Morgan fingerprint density at radius 2 is 1.95 bits per heavy atom. The zero-order valence-corrected chi connectivity index (χ0v) is 12.9. The van der Waals surface area contributed by atoms with Crippen LogP contribution in [0.4, 0.5) is 0 Å². The van der Waals surface area contributed by atoms with E-state index in [1.807, 2.05) is 0 Å². The summed E-state index contributed by atoms with van der Waals surface area (Å²) < 4.78 is 5.69. The molecule has 2 saturated heterocycles. The molecule has 19 heavy (non-hydrogen) atoms. The van der Waals surface area contributed by atoms with Crippen LogP contribution < -0.4 is 0 Å². The molecule has 3 heteroatoms. The number of fused-ring (bicyclic) bond motifs is 1. The predicted molar refractivity (Wildman–Crippen MR) is 80.5 cm³/mol. The third-order valence-corrected chi connectivity index (χ3v) is 4.35. The van der Waals surface area contributed by atoms with Crippen molar-refractivity contribution in [2.24, 2.45) is 5.92 Å². The monoisotopic (exact) mass is 268 g/mol. The lowest BCUT2D eigenvalue weighted by molar-refractivity contribution is 0.0945. The molecule has 0 aromatic carbocycles. The number of piperidine rings is 1. The van der Waals surface area contributed by atoms with Crippen molar-refractivity contribution in [3.8, 4) is 0 Å². The van der Waals surface area contributed by atoms with Crippen LogP contribution >= 0.6 is 0 Å². The first kappa shape index (κ1) is 15.3. The predicted octanol–water partition coefficient (Wildman–Crippen LogP) is 2.61. The van der Waals surface area contributed by atoms with Gasteiger partial charge in [-0.1, -0.05) is 20.3 Å². The number of rotatable bonds is 6. The summed E-state index contributed by atoms with van der Waals surface area (Å²) in [5.41, 5.74) is 0. The Labute approximate surface area is 119 Å². The SMILES string of the molecule is CC(C)COCCCN1CCCN2CCCCC2C1. The van der Waals surface area contributed by atoms with Crippen LogP contribution in [-0.2, 0) is 4.74 Å². The lowest BCUT2D eigenvalue weighted by Gasteiger charge is -2.35. The summed E-state index contributed by atoms with van der Waals surface area (Å²) in [4.78, 5) is 5.41. The third kappa shape index (κ3) is 5.41. The molecule has 0 spiro atoms. The summed E-state index contributed by atoms with van der Waals surface area (Å²) in [5.74, 6) is 0.661. The van der Waals surface area contributed by atoms with Gasteiger partial charge in [0.25, 0.3) is 0 Å². The first-order valence-electron chi connectivity index (χ1n) is 8.30. The van der Waals surface area contributed by atoms with Crippen molar-refractivity contribution < 1.29 is 4.74 Å². The van der Waals surface area contributed by atoms with Gasteiger partial charge in [-0.25, -0.2) is 0 Å². The fourth-order valence-corrected chi connectivity index (χ4v) is 3.36. The Morgan fingerprint density at radius 3 is 2.79 bits per heavy atom. The first-order valence-corrected chi connectivity index (χ1v) is 8.30. The Balaban J connectivity index is 1.63. The van der Waals surface area contributed by atoms with Crippen molar-refractivity contribution in [1.82, 2.24) is 9.80 Å². The quantitative estimate of drug-likeness (QED) is 0.689. The standard InChI is InChI=1S/C16H32N2O/c1-15(2)14-19-12-6-9-17-8-5-11-18-10-4-3-7-16(18)13-17/h15-16H,3-14H2,1-2H3.